The average Bonchev–Trinajstić information content (AvgIpc) is 2.75. The molecule has 0 unspecified atom stereocenters. The molecule has 0 saturated heterocycles. The van der Waals surface area contributed by atoms with Crippen molar-refractivity contribution >= 4 is 21.8 Å². The van der Waals surface area contributed by atoms with Crippen LogP contribution < -0.4 is 0 Å². The highest BCUT2D eigenvalue weighted by Crippen LogP contribution is 2.09. The minimum atomic E-state index is -0.0713. The van der Waals surface area contributed by atoms with Crippen LogP contribution in [-0.2, 0) is 13.6 Å². The van der Waals surface area contributed by atoms with Gasteiger partial charge in [0.25, 0.3) is 5.91 Å². The van der Waals surface area contributed by atoms with Crippen LogP contribution >= 0.6 is 15.9 Å². The molecule has 0 aliphatic heterocycles. The van der Waals surface area contributed by atoms with Gasteiger partial charge >= 0.3 is 0 Å². The first-order valence-electron chi connectivity index (χ1n) is 5.41. The van der Waals surface area contributed by atoms with Crippen molar-refractivity contribution in [2.24, 2.45) is 7.05 Å². The lowest BCUT2D eigenvalue weighted by Crippen LogP contribution is -2.27. The van der Waals surface area contributed by atoms with E-state index >= 15 is 0 Å². The van der Waals surface area contributed by atoms with Crippen LogP contribution in [0.25, 0.3) is 0 Å². The second-order valence-electron chi connectivity index (χ2n) is 3.99. The summed E-state index contributed by atoms with van der Waals surface area (Å²) in [4.78, 5) is 22.0. The smallest absolute Gasteiger partial charge is 0.255 e. The number of aromatic nitrogens is 3. The van der Waals surface area contributed by atoms with Crippen LogP contribution in [0.3, 0.4) is 0 Å². The van der Waals surface area contributed by atoms with Crippen LogP contribution in [0, 0.1) is 0 Å². The highest BCUT2D eigenvalue weighted by Gasteiger charge is 2.13. The molecule has 2 aromatic rings. The van der Waals surface area contributed by atoms with Crippen molar-refractivity contribution in [3.8, 4) is 0 Å². The molecule has 5 nitrogen and oxygen atoms in total. The van der Waals surface area contributed by atoms with Gasteiger partial charge in [-0.2, -0.15) is 0 Å². The van der Waals surface area contributed by atoms with Gasteiger partial charge in [0, 0.05) is 32.7 Å². The number of hydrogen-bond acceptors (Lipinski definition) is 3. The summed E-state index contributed by atoms with van der Waals surface area (Å²) in [7, 11) is 3.65. The number of carbonyl (C=O) groups is 1. The number of aryl methyl sites for hydroxylation is 1. The van der Waals surface area contributed by atoms with Gasteiger partial charge < -0.3 is 9.47 Å². The zero-order valence-corrected chi connectivity index (χ0v) is 11.8. The van der Waals surface area contributed by atoms with Gasteiger partial charge in [0.2, 0.25) is 0 Å². The first kappa shape index (κ1) is 12.8. The van der Waals surface area contributed by atoms with Crippen molar-refractivity contribution in [1.29, 1.82) is 0 Å². The first-order valence-corrected chi connectivity index (χ1v) is 6.20. The molecule has 2 heterocycles. The maximum Gasteiger partial charge on any atom is 0.255 e. The third-order valence-corrected chi connectivity index (χ3v) is 3.09. The van der Waals surface area contributed by atoms with Gasteiger partial charge in [0.15, 0.2) is 0 Å². The zero-order chi connectivity index (χ0) is 13.1. The Morgan fingerprint density at radius 2 is 2.22 bits per heavy atom. The minimum absolute atomic E-state index is 0.0713. The monoisotopic (exact) mass is 308 g/mol. The molecule has 0 spiro atoms. The molecule has 2 rings (SSSR count). The topological polar surface area (TPSA) is 51.0 Å². The van der Waals surface area contributed by atoms with Crippen molar-refractivity contribution in [2.75, 3.05) is 7.05 Å². The standard InChI is InChI=1S/C12H13BrN4O/c1-16-6-5-14-11(16)8-17(2)12(18)9-3-4-10(13)15-7-9/h3-7H,8H2,1-2H3. The van der Waals surface area contributed by atoms with E-state index in [0.717, 1.165) is 5.82 Å². The van der Waals surface area contributed by atoms with Crippen LogP contribution in [-0.4, -0.2) is 32.4 Å². The van der Waals surface area contributed by atoms with E-state index in [1.807, 2.05) is 17.8 Å². The van der Waals surface area contributed by atoms with Crippen molar-refractivity contribution in [3.05, 3.63) is 46.7 Å². The van der Waals surface area contributed by atoms with E-state index in [4.69, 9.17) is 0 Å². The lowest BCUT2D eigenvalue weighted by atomic mass is 10.2. The molecular formula is C12H13BrN4O. The SMILES string of the molecule is CN(Cc1nccn1C)C(=O)c1ccc(Br)nc1. The van der Waals surface area contributed by atoms with Crippen molar-refractivity contribution in [2.45, 2.75) is 6.54 Å². The van der Waals surface area contributed by atoms with Crippen molar-refractivity contribution in [3.63, 3.8) is 0 Å². The van der Waals surface area contributed by atoms with Crippen molar-refractivity contribution < 1.29 is 4.79 Å². The Hall–Kier alpha value is -1.69. The molecule has 18 heavy (non-hydrogen) atoms. The molecule has 0 radical (unpaired) electrons. The van der Waals surface area contributed by atoms with Gasteiger partial charge in [0.05, 0.1) is 12.1 Å². The van der Waals surface area contributed by atoms with Gasteiger partial charge in [-0.05, 0) is 28.1 Å². The maximum atomic E-state index is 12.1. The summed E-state index contributed by atoms with van der Waals surface area (Å²) in [5.41, 5.74) is 0.565. The van der Waals surface area contributed by atoms with Crippen LogP contribution in [0.15, 0.2) is 35.3 Å². The number of imidazole rings is 1. The summed E-state index contributed by atoms with van der Waals surface area (Å²) < 4.78 is 2.61. The predicted octanol–water partition coefficient (Wildman–Crippen LogP) is 1.85. The first-order chi connectivity index (χ1) is 8.58. The molecule has 0 fully saturated rings. The number of amides is 1. The number of halogens is 1. The summed E-state index contributed by atoms with van der Waals surface area (Å²) in [6.07, 6.45) is 5.13. The van der Waals surface area contributed by atoms with E-state index in [-0.39, 0.29) is 5.91 Å². The molecule has 94 valence electrons. The Labute approximate surface area is 114 Å². The Balaban J connectivity index is 2.09. The van der Waals surface area contributed by atoms with E-state index < -0.39 is 0 Å². The average molecular weight is 309 g/mol. The lowest BCUT2D eigenvalue weighted by Gasteiger charge is -2.16. The number of rotatable bonds is 3. The molecular weight excluding hydrogens is 296 g/mol. The normalized spacial score (nSPS) is 10.4. The largest absolute Gasteiger partial charge is 0.337 e. The van der Waals surface area contributed by atoms with Crippen molar-refractivity contribution in [1.82, 2.24) is 19.4 Å². The fourth-order valence-electron chi connectivity index (χ4n) is 1.56. The minimum Gasteiger partial charge on any atom is -0.337 e. The predicted molar refractivity (Wildman–Crippen MR) is 70.9 cm³/mol. The Morgan fingerprint density at radius 1 is 1.44 bits per heavy atom. The number of hydrogen-bond donors (Lipinski definition) is 0. The number of nitrogens with zero attached hydrogens (tertiary/aromatic N) is 4. The summed E-state index contributed by atoms with van der Waals surface area (Å²) in [6, 6.07) is 3.50. The van der Waals surface area contributed by atoms with Gasteiger partial charge in [0.1, 0.15) is 10.4 Å². The third-order valence-electron chi connectivity index (χ3n) is 2.62. The van der Waals surface area contributed by atoms with Gasteiger partial charge in [-0.1, -0.05) is 0 Å². The molecule has 0 saturated carbocycles. The molecule has 0 aliphatic carbocycles. The fourth-order valence-corrected chi connectivity index (χ4v) is 1.79. The Morgan fingerprint density at radius 3 is 2.78 bits per heavy atom. The molecule has 0 atom stereocenters. The van der Waals surface area contributed by atoms with Gasteiger partial charge in [-0.15, -0.1) is 0 Å². The zero-order valence-electron chi connectivity index (χ0n) is 10.2. The van der Waals surface area contributed by atoms with E-state index in [1.165, 1.54) is 0 Å². The molecule has 0 bridgehead atoms. The lowest BCUT2D eigenvalue weighted by molar-refractivity contribution is 0.0780. The van der Waals surface area contributed by atoms with Gasteiger partial charge in [-0.25, -0.2) is 9.97 Å². The third kappa shape index (κ3) is 2.76. The summed E-state index contributed by atoms with van der Waals surface area (Å²) >= 11 is 3.24. The summed E-state index contributed by atoms with van der Waals surface area (Å²) in [5.74, 6) is 0.772. The Kier molecular flexibility index (Phi) is 3.76. The van der Waals surface area contributed by atoms with Gasteiger partial charge in [-0.3, -0.25) is 4.79 Å². The van der Waals surface area contributed by atoms with Crippen LogP contribution in [0.2, 0.25) is 0 Å². The second-order valence-corrected chi connectivity index (χ2v) is 4.80. The quantitative estimate of drug-likeness (QED) is 0.813. The number of carbonyl (C=O) groups excluding carboxylic acids is 1. The van der Waals surface area contributed by atoms with Crippen LogP contribution in [0.1, 0.15) is 16.2 Å². The molecule has 0 aliphatic rings. The van der Waals surface area contributed by atoms with Crippen LogP contribution in [0.5, 0.6) is 0 Å². The molecule has 0 N–H and O–H groups in total. The highest BCUT2D eigenvalue weighted by atomic mass is 79.9. The van der Waals surface area contributed by atoms with Crippen LogP contribution in [0.4, 0.5) is 0 Å². The summed E-state index contributed by atoms with van der Waals surface area (Å²) in [6.45, 7) is 0.471. The van der Waals surface area contributed by atoms with E-state index in [0.29, 0.717) is 16.7 Å². The van der Waals surface area contributed by atoms with E-state index in [2.05, 4.69) is 25.9 Å². The fraction of sp³-hybridized carbons (Fsp3) is 0.250. The van der Waals surface area contributed by atoms with E-state index in [9.17, 15) is 4.79 Å². The van der Waals surface area contributed by atoms with E-state index in [1.54, 1.807) is 36.5 Å². The number of pyridine rings is 1. The molecule has 6 heteroatoms. The highest BCUT2D eigenvalue weighted by molar-refractivity contribution is 9.10. The molecule has 2 aromatic heterocycles. The Bertz CT molecular complexity index is 549. The maximum absolute atomic E-state index is 12.1. The second kappa shape index (κ2) is 5.30. The molecule has 1 amide bonds. The summed E-state index contributed by atoms with van der Waals surface area (Å²) in [5, 5.41) is 0. The molecule has 0 aromatic carbocycles.